The van der Waals surface area contributed by atoms with E-state index in [-0.39, 0.29) is 11.9 Å². The van der Waals surface area contributed by atoms with Crippen LogP contribution in [0.25, 0.3) is 0 Å². The van der Waals surface area contributed by atoms with E-state index in [1.165, 1.54) is 7.11 Å². The number of carbonyl (C=O) groups is 1. The van der Waals surface area contributed by atoms with Crippen LogP contribution in [0.3, 0.4) is 0 Å². The van der Waals surface area contributed by atoms with Gasteiger partial charge in [-0.2, -0.15) is 0 Å². The maximum absolute atomic E-state index is 10.8. The topological polar surface area (TPSA) is 60.4 Å². The van der Waals surface area contributed by atoms with Gasteiger partial charge >= 0.3 is 5.97 Å². The molecule has 12 heavy (non-hydrogen) atoms. The van der Waals surface area contributed by atoms with Gasteiger partial charge in [-0.3, -0.25) is 4.79 Å². The zero-order chi connectivity index (χ0) is 9.35. The van der Waals surface area contributed by atoms with Crippen molar-refractivity contribution in [1.82, 2.24) is 0 Å². The zero-order valence-electron chi connectivity index (χ0n) is 6.49. The molecule has 0 atom stereocenters. The molecule has 1 rings (SSSR count). The highest BCUT2D eigenvalue weighted by molar-refractivity contribution is 8.14. The van der Waals surface area contributed by atoms with Crippen LogP contribution in [0, 0.1) is 5.92 Å². The van der Waals surface area contributed by atoms with Gasteiger partial charge in [0.05, 0.1) is 18.3 Å². The van der Waals surface area contributed by atoms with E-state index in [1.807, 2.05) is 0 Å². The van der Waals surface area contributed by atoms with Crippen LogP contribution in [0.15, 0.2) is 0 Å². The molecule has 1 aliphatic rings. The molecular formula is C6H9ClO4S. The lowest BCUT2D eigenvalue weighted by molar-refractivity contribution is -0.148. The standard InChI is InChI=1S/C6H9ClO4S/c1-11-6(8)4-2-5(3-4)12(7,9)10/h4-5H,2-3H2,1H3. The van der Waals surface area contributed by atoms with Crippen molar-refractivity contribution in [2.45, 2.75) is 18.1 Å². The Bertz CT molecular complexity index is 278. The second kappa shape index (κ2) is 3.22. The Hall–Kier alpha value is -0.290. The second-order valence-corrected chi connectivity index (χ2v) is 5.70. The molecule has 1 saturated carbocycles. The van der Waals surface area contributed by atoms with E-state index in [0.29, 0.717) is 12.8 Å². The number of esters is 1. The molecule has 0 N–H and O–H groups in total. The molecule has 1 fully saturated rings. The monoisotopic (exact) mass is 212 g/mol. The Morgan fingerprint density at radius 2 is 2.00 bits per heavy atom. The van der Waals surface area contributed by atoms with Gasteiger partial charge in [0.15, 0.2) is 0 Å². The molecule has 0 heterocycles. The van der Waals surface area contributed by atoms with Crippen LogP contribution >= 0.6 is 10.7 Å². The fourth-order valence-electron chi connectivity index (χ4n) is 1.15. The van der Waals surface area contributed by atoms with Crippen molar-refractivity contribution >= 4 is 25.7 Å². The van der Waals surface area contributed by atoms with E-state index in [9.17, 15) is 13.2 Å². The third-order valence-electron chi connectivity index (χ3n) is 2.03. The normalized spacial score (nSPS) is 29.2. The molecule has 0 aromatic heterocycles. The summed E-state index contributed by atoms with van der Waals surface area (Å²) in [5.74, 6) is -0.639. The van der Waals surface area contributed by atoms with E-state index in [2.05, 4.69) is 4.74 Å². The molecule has 1 aliphatic carbocycles. The second-order valence-electron chi connectivity index (χ2n) is 2.79. The third-order valence-corrected chi connectivity index (χ3v) is 3.96. The smallest absolute Gasteiger partial charge is 0.308 e. The quantitative estimate of drug-likeness (QED) is 0.494. The Morgan fingerprint density at radius 1 is 1.50 bits per heavy atom. The van der Waals surface area contributed by atoms with Crippen molar-refractivity contribution in [3.8, 4) is 0 Å². The number of ether oxygens (including phenoxy) is 1. The fraction of sp³-hybridized carbons (Fsp3) is 0.833. The van der Waals surface area contributed by atoms with Crippen LogP contribution in [-0.4, -0.2) is 26.7 Å². The minimum absolute atomic E-state index is 0.284. The van der Waals surface area contributed by atoms with Crippen molar-refractivity contribution < 1.29 is 17.9 Å². The summed E-state index contributed by atoms with van der Waals surface area (Å²) in [4.78, 5) is 10.8. The maximum Gasteiger partial charge on any atom is 0.308 e. The maximum atomic E-state index is 10.8. The van der Waals surface area contributed by atoms with Gasteiger partial charge in [-0.05, 0) is 12.8 Å². The minimum atomic E-state index is -3.48. The molecule has 0 radical (unpaired) electrons. The molecule has 70 valence electrons. The lowest BCUT2D eigenvalue weighted by atomic mass is 9.85. The molecule has 0 aliphatic heterocycles. The van der Waals surface area contributed by atoms with E-state index in [1.54, 1.807) is 0 Å². The Balaban J connectivity index is 2.44. The van der Waals surface area contributed by atoms with Gasteiger partial charge in [0.25, 0.3) is 0 Å². The lowest BCUT2D eigenvalue weighted by Crippen LogP contribution is -2.38. The van der Waals surface area contributed by atoms with E-state index < -0.39 is 14.3 Å². The molecule has 0 aromatic carbocycles. The highest BCUT2D eigenvalue weighted by Crippen LogP contribution is 2.35. The first-order chi connectivity index (χ1) is 5.45. The first-order valence-electron chi connectivity index (χ1n) is 3.46. The van der Waals surface area contributed by atoms with Gasteiger partial charge in [0, 0.05) is 10.7 Å². The van der Waals surface area contributed by atoms with Crippen LogP contribution in [0.1, 0.15) is 12.8 Å². The van der Waals surface area contributed by atoms with Crippen molar-refractivity contribution in [2.75, 3.05) is 7.11 Å². The lowest BCUT2D eigenvalue weighted by Gasteiger charge is -2.30. The number of carbonyl (C=O) groups excluding carboxylic acids is 1. The summed E-state index contributed by atoms with van der Waals surface area (Å²) in [5, 5.41) is -0.566. The van der Waals surface area contributed by atoms with Crippen LogP contribution < -0.4 is 0 Å². The number of rotatable bonds is 2. The number of methoxy groups -OCH3 is 1. The Labute approximate surface area is 75.3 Å². The molecule has 0 unspecified atom stereocenters. The summed E-state index contributed by atoms with van der Waals surface area (Å²) in [6.45, 7) is 0. The van der Waals surface area contributed by atoms with Gasteiger partial charge in [0.1, 0.15) is 0 Å². The van der Waals surface area contributed by atoms with E-state index in [0.717, 1.165) is 0 Å². The Morgan fingerprint density at radius 3 is 2.33 bits per heavy atom. The van der Waals surface area contributed by atoms with Crippen LogP contribution in [0.2, 0.25) is 0 Å². The average molecular weight is 213 g/mol. The summed E-state index contributed by atoms with van der Waals surface area (Å²) in [6.07, 6.45) is 0.580. The van der Waals surface area contributed by atoms with Crippen molar-refractivity contribution in [2.24, 2.45) is 5.92 Å². The summed E-state index contributed by atoms with van der Waals surface area (Å²) in [6, 6.07) is 0. The molecular weight excluding hydrogens is 204 g/mol. The molecule has 0 saturated heterocycles. The van der Waals surface area contributed by atoms with E-state index >= 15 is 0 Å². The first kappa shape index (κ1) is 9.80. The summed E-state index contributed by atoms with van der Waals surface area (Å²) < 4.78 is 25.8. The van der Waals surface area contributed by atoms with Crippen LogP contribution in [0.5, 0.6) is 0 Å². The van der Waals surface area contributed by atoms with Gasteiger partial charge in [0.2, 0.25) is 9.05 Å². The summed E-state index contributed by atoms with van der Waals surface area (Å²) >= 11 is 0. The van der Waals surface area contributed by atoms with Gasteiger partial charge in [-0.25, -0.2) is 8.42 Å². The van der Waals surface area contributed by atoms with E-state index in [4.69, 9.17) is 10.7 Å². The molecule has 0 spiro atoms. The van der Waals surface area contributed by atoms with Crippen LogP contribution in [0.4, 0.5) is 0 Å². The van der Waals surface area contributed by atoms with Crippen molar-refractivity contribution in [3.63, 3.8) is 0 Å². The average Bonchev–Trinajstić information content (AvgIpc) is 1.80. The summed E-state index contributed by atoms with van der Waals surface area (Å²) in [5.41, 5.74) is 0. The molecule has 0 bridgehead atoms. The molecule has 0 amide bonds. The van der Waals surface area contributed by atoms with Gasteiger partial charge < -0.3 is 4.74 Å². The predicted molar refractivity (Wildman–Crippen MR) is 43.3 cm³/mol. The highest BCUT2D eigenvalue weighted by atomic mass is 35.7. The van der Waals surface area contributed by atoms with Crippen molar-refractivity contribution in [1.29, 1.82) is 0 Å². The highest BCUT2D eigenvalue weighted by Gasteiger charge is 2.42. The molecule has 4 nitrogen and oxygen atoms in total. The fourth-order valence-corrected chi connectivity index (χ4v) is 2.52. The summed E-state index contributed by atoms with van der Waals surface area (Å²) in [7, 11) is 2.87. The third kappa shape index (κ3) is 1.90. The van der Waals surface area contributed by atoms with Gasteiger partial charge in [-0.15, -0.1) is 0 Å². The first-order valence-corrected chi connectivity index (χ1v) is 5.83. The molecule has 6 heteroatoms. The SMILES string of the molecule is COC(=O)C1CC(S(=O)(=O)Cl)C1. The Kier molecular flexibility index (Phi) is 2.63. The largest absolute Gasteiger partial charge is 0.469 e. The number of hydrogen-bond donors (Lipinski definition) is 0. The van der Waals surface area contributed by atoms with Crippen molar-refractivity contribution in [3.05, 3.63) is 0 Å². The number of hydrogen-bond acceptors (Lipinski definition) is 4. The predicted octanol–water partition coefficient (Wildman–Crippen LogP) is 0.507. The number of halogens is 1. The van der Waals surface area contributed by atoms with Gasteiger partial charge in [-0.1, -0.05) is 0 Å². The minimum Gasteiger partial charge on any atom is -0.469 e. The van der Waals surface area contributed by atoms with Crippen LogP contribution in [-0.2, 0) is 18.6 Å². The molecule has 0 aromatic rings. The zero-order valence-corrected chi connectivity index (χ0v) is 8.06.